The van der Waals surface area contributed by atoms with Crippen molar-refractivity contribution >= 4 is 39.8 Å². The second kappa shape index (κ2) is 8.45. The highest BCUT2D eigenvalue weighted by molar-refractivity contribution is 8.02. The van der Waals surface area contributed by atoms with E-state index in [4.69, 9.17) is 4.74 Å². The number of rotatable bonds is 8. The smallest absolute Gasteiger partial charge is 0.237 e. The lowest BCUT2D eigenvalue weighted by atomic mass is 10.3. The average Bonchev–Trinajstić information content (AvgIpc) is 3.07. The molecule has 2 heterocycles. The van der Waals surface area contributed by atoms with Gasteiger partial charge in [0.05, 0.1) is 28.9 Å². The van der Waals surface area contributed by atoms with E-state index in [1.54, 1.807) is 11.8 Å². The molecule has 2 N–H and O–H groups in total. The van der Waals surface area contributed by atoms with Crippen LogP contribution in [0.25, 0.3) is 0 Å². The van der Waals surface area contributed by atoms with Crippen LogP contribution in [0.1, 0.15) is 18.3 Å². The minimum absolute atomic E-state index is 0.0803. The maximum absolute atomic E-state index is 12.4. The Morgan fingerprint density at radius 1 is 1.42 bits per heavy atom. The summed E-state index contributed by atoms with van der Waals surface area (Å²) in [6, 6.07) is 0. The SMILES string of the molecule is COCCNc1nnc(S[C@H](C)C(=O)Nc2c(C)nn(C)c2C)s1. The molecule has 0 aliphatic rings. The summed E-state index contributed by atoms with van der Waals surface area (Å²) < 4.78 is 7.48. The second-order valence-electron chi connectivity index (χ2n) is 5.21. The summed E-state index contributed by atoms with van der Waals surface area (Å²) in [5.41, 5.74) is 2.51. The van der Waals surface area contributed by atoms with E-state index < -0.39 is 0 Å². The van der Waals surface area contributed by atoms with E-state index >= 15 is 0 Å². The first kappa shape index (κ1) is 18.7. The standard InChI is InChI=1S/C14H22N6O2S2/c1-8-11(9(2)20(4)19-8)16-12(21)10(3)23-14-18-17-13(24-14)15-6-7-22-5/h10H,6-7H2,1-5H3,(H,15,17)(H,16,21)/t10-/m1/s1. The van der Waals surface area contributed by atoms with Gasteiger partial charge < -0.3 is 15.4 Å². The highest BCUT2D eigenvalue weighted by Gasteiger charge is 2.20. The van der Waals surface area contributed by atoms with Crippen LogP contribution in [0.15, 0.2) is 4.34 Å². The fourth-order valence-electron chi connectivity index (χ4n) is 1.97. The van der Waals surface area contributed by atoms with Crippen molar-refractivity contribution in [2.24, 2.45) is 7.05 Å². The summed E-state index contributed by atoms with van der Waals surface area (Å²) in [5, 5.41) is 19.0. The molecule has 0 bridgehead atoms. The Labute approximate surface area is 149 Å². The molecular formula is C14H22N6O2S2. The zero-order chi connectivity index (χ0) is 17.7. The minimum Gasteiger partial charge on any atom is -0.383 e. The maximum atomic E-state index is 12.4. The number of aromatic nitrogens is 4. The highest BCUT2D eigenvalue weighted by Crippen LogP contribution is 2.29. The number of methoxy groups -OCH3 is 1. The van der Waals surface area contributed by atoms with Crippen molar-refractivity contribution in [2.75, 3.05) is 30.9 Å². The van der Waals surface area contributed by atoms with Crippen LogP contribution >= 0.6 is 23.1 Å². The van der Waals surface area contributed by atoms with Crippen LogP contribution < -0.4 is 10.6 Å². The Morgan fingerprint density at radius 2 is 2.17 bits per heavy atom. The minimum atomic E-state index is -0.288. The zero-order valence-electron chi connectivity index (χ0n) is 14.4. The van der Waals surface area contributed by atoms with Gasteiger partial charge in [0.25, 0.3) is 0 Å². The van der Waals surface area contributed by atoms with Gasteiger partial charge >= 0.3 is 0 Å². The third kappa shape index (κ3) is 4.68. The number of hydrogen-bond acceptors (Lipinski definition) is 8. The van der Waals surface area contributed by atoms with E-state index in [0.29, 0.717) is 13.2 Å². The number of aryl methyl sites for hydroxylation is 2. The molecule has 10 heteroatoms. The molecule has 8 nitrogen and oxygen atoms in total. The molecule has 0 saturated carbocycles. The number of carbonyl (C=O) groups is 1. The quantitative estimate of drug-likeness (QED) is 0.542. The molecule has 1 amide bonds. The number of carbonyl (C=O) groups excluding carboxylic acids is 1. The number of ether oxygens (including phenoxy) is 1. The van der Waals surface area contributed by atoms with Gasteiger partial charge in [0.15, 0.2) is 4.34 Å². The third-order valence-electron chi connectivity index (χ3n) is 3.39. The van der Waals surface area contributed by atoms with Crippen LogP contribution in [0.4, 0.5) is 10.8 Å². The maximum Gasteiger partial charge on any atom is 0.237 e. The van der Waals surface area contributed by atoms with Crippen molar-refractivity contribution in [1.82, 2.24) is 20.0 Å². The summed E-state index contributed by atoms with van der Waals surface area (Å²) in [6.07, 6.45) is 0. The molecule has 0 aromatic carbocycles. The van der Waals surface area contributed by atoms with Crippen LogP contribution in [-0.2, 0) is 16.6 Å². The molecule has 1 atom stereocenters. The second-order valence-corrected chi connectivity index (χ2v) is 7.78. The van der Waals surface area contributed by atoms with Crippen molar-refractivity contribution in [3.63, 3.8) is 0 Å². The van der Waals surface area contributed by atoms with Crippen molar-refractivity contribution in [3.8, 4) is 0 Å². The van der Waals surface area contributed by atoms with Gasteiger partial charge in [-0.25, -0.2) is 0 Å². The summed E-state index contributed by atoms with van der Waals surface area (Å²) in [7, 11) is 3.50. The zero-order valence-corrected chi connectivity index (χ0v) is 16.0. The number of nitrogens with zero attached hydrogens (tertiary/aromatic N) is 4. The predicted molar refractivity (Wildman–Crippen MR) is 96.9 cm³/mol. The van der Waals surface area contributed by atoms with Crippen LogP contribution in [0, 0.1) is 13.8 Å². The molecule has 0 aliphatic heterocycles. The van der Waals surface area contributed by atoms with E-state index in [9.17, 15) is 4.79 Å². The number of amides is 1. The Kier molecular flexibility index (Phi) is 6.58. The molecule has 0 unspecified atom stereocenters. The van der Waals surface area contributed by atoms with Crippen LogP contribution in [0.2, 0.25) is 0 Å². The van der Waals surface area contributed by atoms with Gasteiger partial charge in [-0.2, -0.15) is 5.10 Å². The lowest BCUT2D eigenvalue weighted by molar-refractivity contribution is -0.115. The Balaban J connectivity index is 1.92. The van der Waals surface area contributed by atoms with Crippen molar-refractivity contribution < 1.29 is 9.53 Å². The van der Waals surface area contributed by atoms with E-state index in [1.807, 2.05) is 27.8 Å². The highest BCUT2D eigenvalue weighted by atomic mass is 32.2. The molecule has 0 spiro atoms. The Bertz CT molecular complexity index is 699. The lowest BCUT2D eigenvalue weighted by Crippen LogP contribution is -2.23. The van der Waals surface area contributed by atoms with Crippen LogP contribution in [0.3, 0.4) is 0 Å². The van der Waals surface area contributed by atoms with Crippen molar-refractivity contribution in [2.45, 2.75) is 30.4 Å². The van der Waals surface area contributed by atoms with Crippen LogP contribution in [-0.4, -0.2) is 51.4 Å². The normalized spacial score (nSPS) is 12.2. The van der Waals surface area contributed by atoms with E-state index in [2.05, 4.69) is 25.9 Å². The fourth-order valence-corrected chi connectivity index (χ4v) is 3.89. The van der Waals surface area contributed by atoms with Crippen molar-refractivity contribution in [1.29, 1.82) is 0 Å². The summed E-state index contributed by atoms with van der Waals surface area (Å²) >= 11 is 2.81. The first-order chi connectivity index (χ1) is 11.4. The lowest BCUT2D eigenvalue weighted by Gasteiger charge is -2.10. The Morgan fingerprint density at radius 3 is 2.79 bits per heavy atom. The summed E-state index contributed by atoms with van der Waals surface area (Å²) in [5.74, 6) is -0.0803. The summed E-state index contributed by atoms with van der Waals surface area (Å²) in [6.45, 7) is 6.93. The molecule has 2 aromatic rings. The fraction of sp³-hybridized carbons (Fsp3) is 0.571. The number of nitrogens with one attached hydrogen (secondary N) is 2. The molecule has 0 fully saturated rings. The first-order valence-corrected chi connectivity index (χ1v) is 9.16. The van der Waals surface area contributed by atoms with E-state index in [1.165, 1.54) is 23.1 Å². The predicted octanol–water partition coefficient (Wildman–Crippen LogP) is 2.07. The monoisotopic (exact) mass is 370 g/mol. The number of anilines is 2. The molecular weight excluding hydrogens is 348 g/mol. The molecule has 132 valence electrons. The van der Waals surface area contributed by atoms with Gasteiger partial charge in [-0.15, -0.1) is 10.2 Å². The third-order valence-corrected chi connectivity index (χ3v) is 5.46. The van der Waals surface area contributed by atoms with E-state index in [0.717, 1.165) is 26.5 Å². The van der Waals surface area contributed by atoms with Gasteiger partial charge in [-0.3, -0.25) is 9.48 Å². The Hall–Kier alpha value is -1.65. The van der Waals surface area contributed by atoms with Crippen molar-refractivity contribution in [3.05, 3.63) is 11.4 Å². The largest absolute Gasteiger partial charge is 0.383 e. The van der Waals surface area contributed by atoms with Gasteiger partial charge in [0, 0.05) is 20.7 Å². The topological polar surface area (TPSA) is 94.0 Å². The molecule has 0 saturated heterocycles. The number of hydrogen-bond donors (Lipinski definition) is 2. The molecule has 2 rings (SSSR count). The van der Waals surface area contributed by atoms with Gasteiger partial charge in [0.2, 0.25) is 11.0 Å². The first-order valence-electron chi connectivity index (χ1n) is 7.46. The molecule has 24 heavy (non-hydrogen) atoms. The molecule has 0 aliphatic carbocycles. The van der Waals surface area contributed by atoms with Crippen LogP contribution in [0.5, 0.6) is 0 Å². The number of thioether (sulfide) groups is 1. The van der Waals surface area contributed by atoms with E-state index in [-0.39, 0.29) is 11.2 Å². The average molecular weight is 371 g/mol. The molecule has 0 radical (unpaired) electrons. The van der Waals surface area contributed by atoms with Gasteiger partial charge in [0.1, 0.15) is 0 Å². The van der Waals surface area contributed by atoms with Gasteiger partial charge in [-0.1, -0.05) is 23.1 Å². The molecule has 2 aromatic heterocycles. The van der Waals surface area contributed by atoms with Gasteiger partial charge in [-0.05, 0) is 20.8 Å². The summed E-state index contributed by atoms with van der Waals surface area (Å²) in [4.78, 5) is 12.4.